The van der Waals surface area contributed by atoms with Crippen molar-refractivity contribution in [2.24, 2.45) is 0 Å². The Morgan fingerprint density at radius 3 is 2.79 bits per heavy atom. The molecule has 2 aliphatic heterocycles. The van der Waals surface area contributed by atoms with Crippen LogP contribution in [0.4, 0.5) is 5.95 Å². The highest BCUT2D eigenvalue weighted by Gasteiger charge is 2.41. The van der Waals surface area contributed by atoms with Gasteiger partial charge >= 0.3 is 0 Å². The number of aromatic nitrogens is 3. The Morgan fingerprint density at radius 1 is 1.07 bits per heavy atom. The van der Waals surface area contributed by atoms with E-state index >= 15 is 0 Å². The van der Waals surface area contributed by atoms with Crippen LogP contribution >= 0.6 is 22.9 Å². The molecule has 0 radical (unpaired) electrons. The first kappa shape index (κ1) is 16.8. The third-order valence-corrected chi connectivity index (χ3v) is 6.45. The number of hydrogen-bond acceptors (Lipinski definition) is 5. The molecule has 0 aliphatic carbocycles. The van der Waals surface area contributed by atoms with Gasteiger partial charge in [0.25, 0.3) is 0 Å². The van der Waals surface area contributed by atoms with Crippen molar-refractivity contribution in [2.75, 3.05) is 5.32 Å². The highest BCUT2D eigenvalue weighted by atomic mass is 35.5. The Hall–Kier alpha value is -3.09. The fourth-order valence-corrected chi connectivity index (χ4v) is 5.06. The van der Waals surface area contributed by atoms with Gasteiger partial charge in [-0.3, -0.25) is 0 Å². The second kappa shape index (κ2) is 6.47. The van der Waals surface area contributed by atoms with Crippen LogP contribution in [0, 0.1) is 0 Å². The Bertz CT molecular complexity index is 1230. The number of thiophene rings is 1. The molecule has 5 nitrogen and oxygen atoms in total. The van der Waals surface area contributed by atoms with Crippen molar-refractivity contribution in [3.8, 4) is 5.75 Å². The summed E-state index contributed by atoms with van der Waals surface area (Å²) in [6, 6.07) is 20.1. The fourth-order valence-electron chi connectivity index (χ4n) is 4.07. The molecule has 0 fully saturated rings. The van der Waals surface area contributed by atoms with Gasteiger partial charge in [0.05, 0.1) is 5.70 Å². The molecule has 0 bridgehead atoms. The van der Waals surface area contributed by atoms with Gasteiger partial charge in [-0.2, -0.15) is 10.1 Å². The molecule has 0 saturated heterocycles. The number of fused-ring (bicyclic) bond motifs is 3. The maximum Gasteiger partial charge on any atom is 0.226 e. The van der Waals surface area contributed by atoms with Crippen molar-refractivity contribution in [2.45, 2.75) is 12.1 Å². The average molecular weight is 419 g/mol. The Labute approximate surface area is 176 Å². The predicted molar refractivity (Wildman–Crippen MR) is 114 cm³/mol. The zero-order valence-electron chi connectivity index (χ0n) is 15.1. The van der Waals surface area contributed by atoms with Crippen LogP contribution in [0.2, 0.25) is 5.02 Å². The molecule has 0 amide bonds. The zero-order chi connectivity index (χ0) is 19.4. The SMILES string of the molecule is Clc1ccc2c(c1)C1=C([C@H](c3cccs3)n3ncnc3N1)[C@@H](c1ccccc1)O2. The van der Waals surface area contributed by atoms with Crippen LogP contribution in [0.25, 0.3) is 5.70 Å². The van der Waals surface area contributed by atoms with Crippen LogP contribution in [0.5, 0.6) is 5.75 Å². The number of ether oxygens (including phenoxy) is 1. The van der Waals surface area contributed by atoms with Crippen molar-refractivity contribution in [1.82, 2.24) is 14.8 Å². The van der Waals surface area contributed by atoms with Crippen LogP contribution in [0.1, 0.15) is 28.1 Å². The molecule has 29 heavy (non-hydrogen) atoms. The second-order valence-corrected chi connectivity index (χ2v) is 8.37. The van der Waals surface area contributed by atoms with Crippen LogP contribution < -0.4 is 10.1 Å². The maximum atomic E-state index is 6.55. The number of anilines is 1. The molecule has 2 aromatic carbocycles. The standard InChI is InChI=1S/C22H15ClN4OS/c23-14-8-9-16-15(11-14)19-18(21(28-16)13-5-2-1-3-6-13)20(17-7-4-10-29-17)27-22(26-19)24-12-25-27/h1-12,20-21H,(H,24,25,26)/t20-,21+/m0/s1. The lowest BCUT2D eigenvalue weighted by atomic mass is 9.87. The smallest absolute Gasteiger partial charge is 0.226 e. The Morgan fingerprint density at radius 2 is 1.97 bits per heavy atom. The molecule has 0 unspecified atom stereocenters. The molecular formula is C22H15ClN4OS. The van der Waals surface area contributed by atoms with Gasteiger partial charge in [-0.05, 0) is 35.2 Å². The second-order valence-electron chi connectivity index (χ2n) is 6.95. The van der Waals surface area contributed by atoms with E-state index in [1.807, 2.05) is 41.1 Å². The number of rotatable bonds is 2. The molecule has 4 aromatic rings. The van der Waals surface area contributed by atoms with Crippen LogP contribution in [0.3, 0.4) is 0 Å². The first-order chi connectivity index (χ1) is 14.3. The minimum atomic E-state index is -0.253. The van der Waals surface area contributed by atoms with Gasteiger partial charge in [-0.15, -0.1) is 11.3 Å². The zero-order valence-corrected chi connectivity index (χ0v) is 16.7. The number of hydrogen-bond donors (Lipinski definition) is 1. The van der Waals surface area contributed by atoms with E-state index < -0.39 is 0 Å². The largest absolute Gasteiger partial charge is 0.480 e. The average Bonchev–Trinajstić information content (AvgIpc) is 3.44. The normalized spacial score (nSPS) is 19.6. The highest BCUT2D eigenvalue weighted by Crippen LogP contribution is 2.51. The van der Waals surface area contributed by atoms with E-state index in [0.29, 0.717) is 11.0 Å². The van der Waals surface area contributed by atoms with Gasteiger partial charge in [-0.25, -0.2) is 4.68 Å². The molecule has 2 aliphatic rings. The molecule has 2 aromatic heterocycles. The summed E-state index contributed by atoms with van der Waals surface area (Å²) in [5, 5.41) is 10.8. The lowest BCUT2D eigenvalue weighted by Crippen LogP contribution is -2.32. The van der Waals surface area contributed by atoms with Crippen molar-refractivity contribution < 1.29 is 4.74 Å². The van der Waals surface area contributed by atoms with Gasteiger partial charge in [-0.1, -0.05) is 48.0 Å². The summed E-state index contributed by atoms with van der Waals surface area (Å²) in [4.78, 5) is 5.62. The van der Waals surface area contributed by atoms with Crippen LogP contribution in [-0.2, 0) is 0 Å². The quantitative estimate of drug-likeness (QED) is 0.463. The molecule has 0 spiro atoms. The molecule has 142 valence electrons. The van der Waals surface area contributed by atoms with Crippen LogP contribution in [0.15, 0.2) is 77.9 Å². The van der Waals surface area contributed by atoms with E-state index in [4.69, 9.17) is 16.3 Å². The molecule has 7 heteroatoms. The topological polar surface area (TPSA) is 52.0 Å². The first-order valence-corrected chi connectivity index (χ1v) is 10.5. The van der Waals surface area contributed by atoms with E-state index in [2.05, 4.69) is 45.0 Å². The highest BCUT2D eigenvalue weighted by molar-refractivity contribution is 7.10. The summed E-state index contributed by atoms with van der Waals surface area (Å²) in [6.45, 7) is 0. The lowest BCUT2D eigenvalue weighted by Gasteiger charge is -2.38. The first-order valence-electron chi connectivity index (χ1n) is 9.25. The van der Waals surface area contributed by atoms with E-state index in [1.165, 1.54) is 4.88 Å². The summed E-state index contributed by atoms with van der Waals surface area (Å²) in [6.07, 6.45) is 1.33. The van der Waals surface area contributed by atoms with Crippen molar-refractivity contribution >= 4 is 34.6 Å². The summed E-state index contributed by atoms with van der Waals surface area (Å²) in [5.41, 5.74) is 4.12. The molecule has 6 rings (SSSR count). The molecule has 4 heterocycles. The third kappa shape index (κ3) is 2.60. The van der Waals surface area contributed by atoms with Crippen molar-refractivity contribution in [3.05, 3.63) is 99.0 Å². The van der Waals surface area contributed by atoms with E-state index in [1.54, 1.807) is 17.7 Å². The predicted octanol–water partition coefficient (Wildman–Crippen LogP) is 5.55. The third-order valence-electron chi connectivity index (χ3n) is 5.29. The minimum absolute atomic E-state index is 0.110. The number of nitrogens with zero attached hydrogens (tertiary/aromatic N) is 3. The fraction of sp³-hybridized carbons (Fsp3) is 0.0909. The van der Waals surface area contributed by atoms with Gasteiger partial charge < -0.3 is 10.1 Å². The maximum absolute atomic E-state index is 6.55. The van der Waals surface area contributed by atoms with E-state index in [-0.39, 0.29) is 12.1 Å². The number of benzene rings is 2. The van der Waals surface area contributed by atoms with Gasteiger partial charge in [0.2, 0.25) is 5.95 Å². The molecule has 1 N–H and O–H groups in total. The lowest BCUT2D eigenvalue weighted by molar-refractivity contribution is 0.223. The van der Waals surface area contributed by atoms with Gasteiger partial charge in [0, 0.05) is 21.0 Å². The minimum Gasteiger partial charge on any atom is -0.480 e. The Kier molecular flexibility index (Phi) is 3.76. The summed E-state index contributed by atoms with van der Waals surface area (Å²) in [5.74, 6) is 1.51. The monoisotopic (exact) mass is 418 g/mol. The number of nitrogens with one attached hydrogen (secondary N) is 1. The summed E-state index contributed by atoms with van der Waals surface area (Å²) in [7, 11) is 0. The Balaban J connectivity index is 1.65. The van der Waals surface area contributed by atoms with Crippen LogP contribution in [-0.4, -0.2) is 14.8 Å². The van der Waals surface area contributed by atoms with E-state index in [9.17, 15) is 0 Å². The van der Waals surface area contributed by atoms with Crippen molar-refractivity contribution in [3.63, 3.8) is 0 Å². The molecular weight excluding hydrogens is 404 g/mol. The van der Waals surface area contributed by atoms with Crippen molar-refractivity contribution in [1.29, 1.82) is 0 Å². The molecule has 0 saturated carbocycles. The number of halogens is 1. The summed E-state index contributed by atoms with van der Waals surface area (Å²) < 4.78 is 8.48. The molecule has 2 atom stereocenters. The van der Waals surface area contributed by atoms with Gasteiger partial charge in [0.1, 0.15) is 24.2 Å². The van der Waals surface area contributed by atoms with E-state index in [0.717, 1.165) is 28.1 Å². The summed E-state index contributed by atoms with van der Waals surface area (Å²) >= 11 is 8.04. The van der Waals surface area contributed by atoms with Gasteiger partial charge in [0.15, 0.2) is 0 Å².